The minimum Gasteiger partial charge on any atom is -0.394 e. The number of ether oxygens (including phenoxy) is 2. The lowest BCUT2D eigenvalue weighted by Gasteiger charge is -2.40. The van der Waals surface area contributed by atoms with Gasteiger partial charge in [0.2, 0.25) is 5.91 Å². The van der Waals surface area contributed by atoms with Crippen LogP contribution in [0.25, 0.3) is 0 Å². The van der Waals surface area contributed by atoms with E-state index in [-0.39, 0.29) is 6.61 Å². The zero-order chi connectivity index (χ0) is 36.8. The highest BCUT2D eigenvalue weighted by Crippen LogP contribution is 2.22. The summed E-state index contributed by atoms with van der Waals surface area (Å²) in [5.74, 6) is -0.628. The molecule has 0 saturated carbocycles. The maximum Gasteiger partial charge on any atom is 0.249 e. The molecule has 0 spiro atoms. The molecule has 2 unspecified atom stereocenters. The second-order valence-electron chi connectivity index (χ2n) is 14.2. The smallest absolute Gasteiger partial charge is 0.249 e. The van der Waals surface area contributed by atoms with Crippen molar-refractivity contribution >= 4 is 5.91 Å². The van der Waals surface area contributed by atoms with Crippen LogP contribution in [0.3, 0.4) is 0 Å². The van der Waals surface area contributed by atoms with Gasteiger partial charge in [-0.3, -0.25) is 4.79 Å². The van der Waals surface area contributed by atoms with Crippen molar-refractivity contribution in [2.75, 3.05) is 13.2 Å². The predicted octanol–water partition coefficient (Wildman–Crippen LogP) is 6.13. The van der Waals surface area contributed by atoms with Crippen LogP contribution in [0.5, 0.6) is 0 Å². The van der Waals surface area contributed by atoms with Gasteiger partial charge in [0, 0.05) is 0 Å². The fraction of sp³-hybridized carbons (Fsp3) is 0.875. The van der Waals surface area contributed by atoms with Gasteiger partial charge in [0.1, 0.15) is 30.5 Å². The van der Waals surface area contributed by atoms with Crippen LogP contribution in [-0.2, 0) is 14.3 Å². The summed E-state index contributed by atoms with van der Waals surface area (Å²) in [5.41, 5.74) is 0. The zero-order valence-corrected chi connectivity index (χ0v) is 31.5. The summed E-state index contributed by atoms with van der Waals surface area (Å²) >= 11 is 0. The molecule has 10 heteroatoms. The molecule has 294 valence electrons. The molecule has 0 bridgehead atoms. The quantitative estimate of drug-likeness (QED) is 0.0320. The fourth-order valence-corrected chi connectivity index (χ4v) is 6.24. The first-order valence-corrected chi connectivity index (χ1v) is 20.2. The van der Waals surface area contributed by atoms with Gasteiger partial charge >= 0.3 is 0 Å². The first-order chi connectivity index (χ1) is 24.3. The molecule has 0 radical (unpaired) electrons. The van der Waals surface area contributed by atoms with E-state index >= 15 is 0 Å². The van der Waals surface area contributed by atoms with Crippen molar-refractivity contribution in [1.29, 1.82) is 0 Å². The van der Waals surface area contributed by atoms with Crippen molar-refractivity contribution in [3.05, 3.63) is 24.3 Å². The monoisotopic (exact) mass is 714 g/mol. The van der Waals surface area contributed by atoms with Gasteiger partial charge in [-0.05, 0) is 32.1 Å². The lowest BCUT2D eigenvalue weighted by Crippen LogP contribution is -2.60. The lowest BCUT2D eigenvalue weighted by atomic mass is 9.99. The number of unbranched alkanes of at least 4 members (excludes halogenated alkanes) is 19. The molecular formula is C40H75NO9. The van der Waals surface area contributed by atoms with Gasteiger partial charge in [-0.1, -0.05) is 154 Å². The molecule has 0 aromatic carbocycles. The molecule has 1 amide bonds. The van der Waals surface area contributed by atoms with Crippen LogP contribution in [0.1, 0.15) is 162 Å². The van der Waals surface area contributed by atoms with Crippen LogP contribution in [0.2, 0.25) is 0 Å². The van der Waals surface area contributed by atoms with Crippen molar-refractivity contribution in [3.63, 3.8) is 0 Å². The van der Waals surface area contributed by atoms with Crippen molar-refractivity contribution in [2.45, 2.75) is 210 Å². The number of allylic oxidation sites excluding steroid dienone is 3. The van der Waals surface area contributed by atoms with Gasteiger partial charge in [-0.15, -0.1) is 0 Å². The highest BCUT2D eigenvalue weighted by molar-refractivity contribution is 5.80. The van der Waals surface area contributed by atoms with Gasteiger partial charge in [-0.2, -0.15) is 0 Å². The Balaban J connectivity index is 2.54. The Morgan fingerprint density at radius 3 is 1.74 bits per heavy atom. The number of aliphatic hydroxyl groups is 6. The zero-order valence-electron chi connectivity index (χ0n) is 31.5. The normalized spacial score (nSPS) is 23.1. The van der Waals surface area contributed by atoms with E-state index in [1.54, 1.807) is 6.08 Å². The molecule has 0 aliphatic carbocycles. The van der Waals surface area contributed by atoms with Crippen LogP contribution < -0.4 is 5.32 Å². The summed E-state index contributed by atoms with van der Waals surface area (Å²) in [6.45, 7) is 3.54. The minimum atomic E-state index is -1.61. The van der Waals surface area contributed by atoms with Crippen molar-refractivity contribution in [2.24, 2.45) is 0 Å². The van der Waals surface area contributed by atoms with E-state index in [4.69, 9.17) is 9.47 Å². The second kappa shape index (κ2) is 31.2. The Bertz CT molecular complexity index is 855. The van der Waals surface area contributed by atoms with Crippen LogP contribution in [0, 0.1) is 0 Å². The Labute approximate surface area is 303 Å². The molecule has 1 aliphatic heterocycles. The van der Waals surface area contributed by atoms with E-state index in [1.165, 1.54) is 96.3 Å². The van der Waals surface area contributed by atoms with Crippen LogP contribution in [0.4, 0.5) is 0 Å². The standard InChI is InChI=1S/C40H75NO9/c1-3-5-7-9-11-13-15-17-19-20-22-24-26-28-33(43)32(31-49-40-38(47)37(46)36(45)35(30-42)50-40)41-39(48)34(44)29-27-25-23-21-18-16-14-12-10-8-6-4-2/h19-20,26,28,32-38,40,42-47H,3-18,21-25,27,29-31H2,1-2H3,(H,41,48)/b20-19+,28-26+/t32?,33-,34?,35-,36-,37+,38-,40-/m1/s1. The molecule has 7 N–H and O–H groups in total. The van der Waals surface area contributed by atoms with Gasteiger partial charge < -0.3 is 45.4 Å². The van der Waals surface area contributed by atoms with Gasteiger partial charge in [0.05, 0.1) is 25.4 Å². The van der Waals surface area contributed by atoms with Crippen LogP contribution in [-0.4, -0.2) is 98.7 Å². The topological polar surface area (TPSA) is 169 Å². The lowest BCUT2D eigenvalue weighted by molar-refractivity contribution is -0.302. The summed E-state index contributed by atoms with van der Waals surface area (Å²) in [4.78, 5) is 12.9. The van der Waals surface area contributed by atoms with Gasteiger partial charge in [-0.25, -0.2) is 0 Å². The molecule has 10 nitrogen and oxygen atoms in total. The van der Waals surface area contributed by atoms with Crippen molar-refractivity contribution in [3.8, 4) is 0 Å². The number of carbonyl (C=O) groups excluding carboxylic acids is 1. The third-order valence-corrected chi connectivity index (χ3v) is 9.64. The maximum absolute atomic E-state index is 12.9. The first-order valence-electron chi connectivity index (χ1n) is 20.2. The summed E-state index contributed by atoms with van der Waals surface area (Å²) in [6.07, 6.45) is 24.1. The van der Waals surface area contributed by atoms with Crippen LogP contribution >= 0.6 is 0 Å². The number of carbonyl (C=O) groups is 1. The fourth-order valence-electron chi connectivity index (χ4n) is 6.24. The van der Waals surface area contributed by atoms with E-state index in [9.17, 15) is 35.4 Å². The van der Waals surface area contributed by atoms with Crippen molar-refractivity contribution < 1.29 is 44.9 Å². The van der Waals surface area contributed by atoms with E-state index in [0.717, 1.165) is 32.1 Å². The molecule has 8 atom stereocenters. The number of hydrogen-bond acceptors (Lipinski definition) is 9. The molecular weight excluding hydrogens is 638 g/mol. The van der Waals surface area contributed by atoms with Gasteiger partial charge in [0.15, 0.2) is 6.29 Å². The Morgan fingerprint density at radius 2 is 1.18 bits per heavy atom. The molecule has 0 aromatic heterocycles. The molecule has 1 rings (SSSR count). The number of nitrogens with one attached hydrogen (secondary N) is 1. The van der Waals surface area contributed by atoms with Gasteiger partial charge in [0.25, 0.3) is 0 Å². The third-order valence-electron chi connectivity index (χ3n) is 9.64. The molecule has 1 saturated heterocycles. The van der Waals surface area contributed by atoms with E-state index in [2.05, 4.69) is 31.3 Å². The van der Waals surface area contributed by atoms with E-state index < -0.39 is 61.5 Å². The number of amides is 1. The third kappa shape index (κ3) is 21.9. The first kappa shape index (κ1) is 46.7. The number of aliphatic hydroxyl groups excluding tert-OH is 6. The minimum absolute atomic E-state index is 0.306. The summed E-state index contributed by atoms with van der Waals surface area (Å²) < 4.78 is 11.1. The Hall–Kier alpha value is -1.37. The molecule has 50 heavy (non-hydrogen) atoms. The summed E-state index contributed by atoms with van der Waals surface area (Å²) in [5, 5.41) is 64.3. The Morgan fingerprint density at radius 1 is 0.680 bits per heavy atom. The van der Waals surface area contributed by atoms with E-state index in [1.807, 2.05) is 6.08 Å². The second-order valence-corrected chi connectivity index (χ2v) is 14.2. The Kier molecular flexibility index (Phi) is 29.1. The molecule has 1 heterocycles. The summed E-state index contributed by atoms with van der Waals surface area (Å²) in [6, 6.07) is -0.990. The molecule has 1 fully saturated rings. The maximum atomic E-state index is 12.9. The SMILES string of the molecule is CCCCCCCCC/C=C/CC/C=C/[C@@H](O)C(CO[C@@H]1O[C@H](CO)[C@@H](O)[C@H](O)[C@H]1O)NC(=O)C(O)CCCCCCCCCCCCCC. The summed E-state index contributed by atoms with van der Waals surface area (Å²) in [7, 11) is 0. The predicted molar refractivity (Wildman–Crippen MR) is 199 cm³/mol. The molecule has 1 aliphatic rings. The highest BCUT2D eigenvalue weighted by atomic mass is 16.7. The average molecular weight is 714 g/mol. The number of hydrogen-bond donors (Lipinski definition) is 7. The number of rotatable bonds is 32. The largest absolute Gasteiger partial charge is 0.394 e. The van der Waals surface area contributed by atoms with Crippen LogP contribution in [0.15, 0.2) is 24.3 Å². The highest BCUT2D eigenvalue weighted by Gasteiger charge is 2.44. The molecule has 0 aromatic rings. The van der Waals surface area contributed by atoms with Crippen molar-refractivity contribution in [1.82, 2.24) is 5.32 Å². The van der Waals surface area contributed by atoms with E-state index in [0.29, 0.717) is 19.3 Å². The average Bonchev–Trinajstić information content (AvgIpc) is 3.11.